The molecule has 0 spiro atoms. The van der Waals surface area contributed by atoms with E-state index in [1.165, 1.54) is 0 Å². The van der Waals surface area contributed by atoms with Gasteiger partial charge in [0.15, 0.2) is 0 Å². The number of alkyl halides is 1. The van der Waals surface area contributed by atoms with Gasteiger partial charge in [-0.05, 0) is 43.4 Å². The SMILES string of the molecule is NC1CCCC(F)(Cc2ccc(Cl)cc2Cl)C1. The second kappa shape index (κ2) is 5.13. The average Bonchev–Trinajstić information content (AvgIpc) is 2.22. The average molecular weight is 276 g/mol. The van der Waals surface area contributed by atoms with Crippen molar-refractivity contribution in [3.8, 4) is 0 Å². The topological polar surface area (TPSA) is 26.0 Å². The van der Waals surface area contributed by atoms with E-state index in [1.807, 2.05) is 0 Å². The molecule has 0 radical (unpaired) electrons. The molecule has 2 rings (SSSR count). The van der Waals surface area contributed by atoms with Crippen molar-refractivity contribution in [3.63, 3.8) is 0 Å². The van der Waals surface area contributed by atoms with Gasteiger partial charge >= 0.3 is 0 Å². The molecule has 0 amide bonds. The quantitative estimate of drug-likeness (QED) is 0.863. The van der Waals surface area contributed by atoms with Gasteiger partial charge in [0.1, 0.15) is 5.67 Å². The lowest BCUT2D eigenvalue weighted by Gasteiger charge is -2.33. The fourth-order valence-electron chi connectivity index (χ4n) is 2.52. The summed E-state index contributed by atoms with van der Waals surface area (Å²) < 4.78 is 14.6. The molecule has 2 N–H and O–H groups in total. The van der Waals surface area contributed by atoms with Crippen LogP contribution in [0.4, 0.5) is 4.39 Å². The third-order valence-corrected chi connectivity index (χ3v) is 3.94. The van der Waals surface area contributed by atoms with E-state index in [4.69, 9.17) is 28.9 Å². The van der Waals surface area contributed by atoms with Crippen LogP contribution >= 0.6 is 23.2 Å². The summed E-state index contributed by atoms with van der Waals surface area (Å²) in [5, 5.41) is 1.11. The van der Waals surface area contributed by atoms with E-state index in [-0.39, 0.29) is 6.04 Å². The lowest BCUT2D eigenvalue weighted by Crippen LogP contribution is -2.39. The van der Waals surface area contributed by atoms with E-state index >= 15 is 0 Å². The monoisotopic (exact) mass is 275 g/mol. The Morgan fingerprint density at radius 1 is 1.41 bits per heavy atom. The number of halogens is 3. The van der Waals surface area contributed by atoms with Crippen LogP contribution in [-0.4, -0.2) is 11.7 Å². The maximum absolute atomic E-state index is 14.6. The number of nitrogens with two attached hydrogens (primary N) is 1. The molecule has 2 unspecified atom stereocenters. The Labute approximate surface area is 111 Å². The highest BCUT2D eigenvalue weighted by Crippen LogP contribution is 2.36. The van der Waals surface area contributed by atoms with E-state index in [0.717, 1.165) is 18.4 Å². The van der Waals surface area contributed by atoms with E-state index in [9.17, 15) is 4.39 Å². The molecule has 0 saturated heterocycles. The van der Waals surface area contributed by atoms with Crippen LogP contribution in [0.3, 0.4) is 0 Å². The zero-order valence-electron chi connectivity index (χ0n) is 9.56. The third kappa shape index (κ3) is 3.34. The number of hydrogen-bond donors (Lipinski definition) is 1. The largest absolute Gasteiger partial charge is 0.328 e. The Morgan fingerprint density at radius 3 is 2.82 bits per heavy atom. The number of rotatable bonds is 2. The molecule has 1 aliphatic carbocycles. The van der Waals surface area contributed by atoms with Crippen LogP contribution in [0.15, 0.2) is 18.2 Å². The molecular formula is C13H16Cl2FN. The predicted octanol–water partition coefficient (Wildman–Crippen LogP) is 4.15. The molecule has 1 aliphatic rings. The molecule has 1 saturated carbocycles. The number of benzene rings is 1. The summed E-state index contributed by atoms with van der Waals surface area (Å²) in [6.45, 7) is 0. The van der Waals surface area contributed by atoms with Gasteiger partial charge in [0.05, 0.1) is 0 Å². The van der Waals surface area contributed by atoms with Gasteiger partial charge in [0.25, 0.3) is 0 Å². The Kier molecular flexibility index (Phi) is 3.96. The summed E-state index contributed by atoms with van der Waals surface area (Å²) in [5.41, 5.74) is 5.43. The summed E-state index contributed by atoms with van der Waals surface area (Å²) in [4.78, 5) is 0. The molecule has 1 aromatic carbocycles. The Bertz CT molecular complexity index is 410. The van der Waals surface area contributed by atoms with Gasteiger partial charge in [0, 0.05) is 22.5 Å². The van der Waals surface area contributed by atoms with E-state index < -0.39 is 5.67 Å². The van der Waals surface area contributed by atoms with Gasteiger partial charge in [-0.1, -0.05) is 29.3 Å². The highest BCUT2D eigenvalue weighted by atomic mass is 35.5. The van der Waals surface area contributed by atoms with Gasteiger partial charge in [-0.2, -0.15) is 0 Å². The Balaban J connectivity index is 2.14. The van der Waals surface area contributed by atoms with Crippen LogP contribution in [-0.2, 0) is 6.42 Å². The molecule has 1 fully saturated rings. The van der Waals surface area contributed by atoms with E-state index in [0.29, 0.717) is 29.3 Å². The summed E-state index contributed by atoms with van der Waals surface area (Å²) in [6, 6.07) is 5.17. The van der Waals surface area contributed by atoms with Crippen molar-refractivity contribution < 1.29 is 4.39 Å². The van der Waals surface area contributed by atoms with Gasteiger partial charge in [-0.25, -0.2) is 4.39 Å². The smallest absolute Gasteiger partial charge is 0.116 e. The molecule has 0 heterocycles. The van der Waals surface area contributed by atoms with Crippen LogP contribution in [0.5, 0.6) is 0 Å². The van der Waals surface area contributed by atoms with Gasteiger partial charge in [0.2, 0.25) is 0 Å². The number of hydrogen-bond acceptors (Lipinski definition) is 1. The van der Waals surface area contributed by atoms with Crippen molar-refractivity contribution >= 4 is 23.2 Å². The predicted molar refractivity (Wildman–Crippen MR) is 70.4 cm³/mol. The fraction of sp³-hybridized carbons (Fsp3) is 0.538. The van der Waals surface area contributed by atoms with Gasteiger partial charge in [-0.3, -0.25) is 0 Å². The lowest BCUT2D eigenvalue weighted by atomic mass is 9.80. The first-order valence-corrected chi connectivity index (χ1v) is 6.62. The van der Waals surface area contributed by atoms with Gasteiger partial charge in [-0.15, -0.1) is 0 Å². The zero-order valence-corrected chi connectivity index (χ0v) is 11.1. The van der Waals surface area contributed by atoms with Crippen molar-refractivity contribution in [2.75, 3.05) is 0 Å². The molecule has 4 heteroatoms. The van der Waals surface area contributed by atoms with Gasteiger partial charge < -0.3 is 5.73 Å². The molecule has 1 nitrogen and oxygen atoms in total. The Morgan fingerprint density at radius 2 is 2.18 bits per heavy atom. The second-order valence-corrected chi connectivity index (χ2v) is 5.76. The first-order valence-electron chi connectivity index (χ1n) is 5.87. The Hall–Kier alpha value is -0.310. The van der Waals surface area contributed by atoms with Crippen molar-refractivity contribution in [1.29, 1.82) is 0 Å². The standard InChI is InChI=1S/C13H16Cl2FN/c14-10-4-3-9(12(15)6-10)7-13(16)5-1-2-11(17)8-13/h3-4,6,11H,1-2,5,7-8,17H2. The van der Waals surface area contributed by atoms with Crippen molar-refractivity contribution in [1.82, 2.24) is 0 Å². The van der Waals surface area contributed by atoms with Crippen LogP contribution in [0, 0.1) is 0 Å². The minimum absolute atomic E-state index is 0.0279. The minimum atomic E-state index is -1.21. The maximum atomic E-state index is 14.6. The van der Waals surface area contributed by atoms with Crippen molar-refractivity contribution in [3.05, 3.63) is 33.8 Å². The molecule has 0 aliphatic heterocycles. The van der Waals surface area contributed by atoms with E-state index in [1.54, 1.807) is 18.2 Å². The van der Waals surface area contributed by atoms with Crippen LogP contribution < -0.4 is 5.73 Å². The second-order valence-electron chi connectivity index (χ2n) is 4.92. The molecule has 17 heavy (non-hydrogen) atoms. The summed E-state index contributed by atoms with van der Waals surface area (Å²) in [6.07, 6.45) is 3.09. The van der Waals surface area contributed by atoms with Crippen molar-refractivity contribution in [2.24, 2.45) is 5.73 Å². The molecular weight excluding hydrogens is 260 g/mol. The first-order chi connectivity index (χ1) is 7.98. The van der Waals surface area contributed by atoms with Crippen molar-refractivity contribution in [2.45, 2.75) is 43.8 Å². The summed E-state index contributed by atoms with van der Waals surface area (Å²) >= 11 is 11.9. The molecule has 94 valence electrons. The molecule has 0 aromatic heterocycles. The normalized spacial score (nSPS) is 29.3. The lowest BCUT2D eigenvalue weighted by molar-refractivity contribution is 0.0965. The third-order valence-electron chi connectivity index (χ3n) is 3.35. The highest BCUT2D eigenvalue weighted by molar-refractivity contribution is 6.35. The highest BCUT2D eigenvalue weighted by Gasteiger charge is 2.35. The fourth-order valence-corrected chi connectivity index (χ4v) is 3.00. The molecule has 1 aromatic rings. The summed E-state index contributed by atoms with van der Waals surface area (Å²) in [5.74, 6) is 0. The molecule has 2 atom stereocenters. The molecule has 0 bridgehead atoms. The van der Waals surface area contributed by atoms with E-state index in [2.05, 4.69) is 0 Å². The first kappa shape index (κ1) is 13.1. The summed E-state index contributed by atoms with van der Waals surface area (Å²) in [7, 11) is 0. The zero-order chi connectivity index (χ0) is 12.5. The minimum Gasteiger partial charge on any atom is -0.328 e. The van der Waals surface area contributed by atoms with Crippen LogP contribution in [0.1, 0.15) is 31.2 Å². The van der Waals surface area contributed by atoms with Crippen LogP contribution in [0.2, 0.25) is 10.0 Å². The maximum Gasteiger partial charge on any atom is 0.116 e. The van der Waals surface area contributed by atoms with Crippen LogP contribution in [0.25, 0.3) is 0 Å².